The first-order valence-electron chi connectivity index (χ1n) is 13.5. The lowest BCUT2D eigenvalue weighted by molar-refractivity contribution is 1.50. The summed E-state index contributed by atoms with van der Waals surface area (Å²) in [7, 11) is 0. The van der Waals surface area contributed by atoms with Crippen molar-refractivity contribution in [2.45, 2.75) is 0 Å². The van der Waals surface area contributed by atoms with E-state index in [9.17, 15) is 0 Å². The number of hydrogen-bond donors (Lipinski definition) is 2. The zero-order valence-electron chi connectivity index (χ0n) is 22.2. The number of hydrogen-bond acceptors (Lipinski definition) is 2. The van der Waals surface area contributed by atoms with Gasteiger partial charge in [0.25, 0.3) is 0 Å². The zero-order valence-corrected chi connectivity index (χ0v) is 22.2. The molecular weight excluding hydrogens is 484 g/mol. The molecule has 6 rings (SSSR count). The van der Waals surface area contributed by atoms with Crippen molar-refractivity contribution >= 4 is 23.0 Å². The normalized spacial score (nSPS) is 11.3. The van der Waals surface area contributed by atoms with Crippen molar-refractivity contribution < 1.29 is 0 Å². The van der Waals surface area contributed by atoms with Crippen molar-refractivity contribution in [1.29, 1.82) is 0 Å². The molecule has 0 unspecified atom stereocenters. The number of rotatable bonds is 6. The maximum Gasteiger partial charge on any atom is 0.0640 e. The highest BCUT2D eigenvalue weighted by Crippen LogP contribution is 2.51. The number of benzene rings is 6. The number of nitrogen functional groups attached to an aromatic ring is 2. The first-order valence-corrected chi connectivity index (χ1v) is 13.5. The van der Waals surface area contributed by atoms with Crippen molar-refractivity contribution in [2.75, 3.05) is 11.5 Å². The second-order valence-corrected chi connectivity index (χ2v) is 9.76. The Hall–Kier alpha value is -5.34. The number of anilines is 2. The summed E-state index contributed by atoms with van der Waals surface area (Å²) in [6.07, 6.45) is 2.21. The van der Waals surface area contributed by atoms with Crippen LogP contribution < -0.4 is 11.5 Å². The van der Waals surface area contributed by atoms with Crippen molar-refractivity contribution in [2.24, 2.45) is 0 Å². The highest BCUT2D eigenvalue weighted by Gasteiger charge is 2.26. The second kappa shape index (κ2) is 11.2. The molecule has 0 aliphatic heterocycles. The van der Waals surface area contributed by atoms with E-state index in [2.05, 4.69) is 115 Å². The highest BCUT2D eigenvalue weighted by molar-refractivity contribution is 6.13. The molecule has 0 bridgehead atoms. The van der Waals surface area contributed by atoms with Crippen LogP contribution in [0.25, 0.3) is 45.0 Å². The van der Waals surface area contributed by atoms with Gasteiger partial charge in [0.1, 0.15) is 0 Å². The fraction of sp³-hybridized carbons (Fsp3) is 0. The molecule has 0 aromatic heterocycles. The molecule has 2 nitrogen and oxygen atoms in total. The summed E-state index contributed by atoms with van der Waals surface area (Å²) >= 11 is 0. The van der Waals surface area contributed by atoms with Crippen LogP contribution in [0.15, 0.2) is 152 Å². The van der Waals surface area contributed by atoms with Gasteiger partial charge in [-0.1, -0.05) is 152 Å². The van der Waals surface area contributed by atoms with Crippen molar-refractivity contribution in [3.05, 3.63) is 168 Å². The molecule has 6 aromatic rings. The molecule has 40 heavy (non-hydrogen) atoms. The lowest BCUT2D eigenvalue weighted by Crippen LogP contribution is -2.08. The van der Waals surface area contributed by atoms with E-state index in [1.807, 2.05) is 42.5 Å². The van der Waals surface area contributed by atoms with E-state index in [-0.39, 0.29) is 0 Å². The maximum absolute atomic E-state index is 7.13. The van der Waals surface area contributed by atoms with Gasteiger partial charge < -0.3 is 11.5 Å². The molecule has 0 fully saturated rings. The molecule has 4 N–H and O–H groups in total. The van der Waals surface area contributed by atoms with Gasteiger partial charge in [-0.3, -0.25) is 0 Å². The maximum atomic E-state index is 7.13. The van der Waals surface area contributed by atoms with Crippen LogP contribution in [0.4, 0.5) is 11.4 Å². The first-order chi connectivity index (χ1) is 19.7. The summed E-state index contributed by atoms with van der Waals surface area (Å²) in [6.45, 7) is 0. The molecule has 0 saturated heterocycles. The molecule has 0 atom stereocenters. The van der Waals surface area contributed by atoms with E-state index in [1.54, 1.807) is 0 Å². The molecule has 0 aliphatic rings. The third-order valence-electron chi connectivity index (χ3n) is 7.23. The minimum absolute atomic E-state index is 0.573. The SMILES string of the molecule is Nc1c(N)c(-c2ccccc2)c(-c2ccccc2)c(-c2ccccc2)c1C(=Cc1ccccc1)c1ccccc1. The Morgan fingerprint density at radius 3 is 1.30 bits per heavy atom. The van der Waals surface area contributed by atoms with Gasteiger partial charge >= 0.3 is 0 Å². The van der Waals surface area contributed by atoms with E-state index < -0.39 is 0 Å². The van der Waals surface area contributed by atoms with Gasteiger partial charge in [-0.15, -0.1) is 0 Å². The summed E-state index contributed by atoms with van der Waals surface area (Å²) in [6, 6.07) is 52.1. The third kappa shape index (κ3) is 4.79. The lowest BCUT2D eigenvalue weighted by Gasteiger charge is -2.26. The summed E-state index contributed by atoms with van der Waals surface area (Å²) in [5.74, 6) is 0. The van der Waals surface area contributed by atoms with Crippen molar-refractivity contribution in [3.63, 3.8) is 0 Å². The standard InChI is InChI=1S/C38H30N2/c39-37-35(31-24-14-5-15-25-31)33(29-20-10-3-11-21-29)34(30-22-12-4-13-23-30)36(38(37)40)32(28-18-8-2-9-19-28)26-27-16-6-1-7-17-27/h1-26H,39-40H2. The third-order valence-corrected chi connectivity index (χ3v) is 7.23. The summed E-state index contributed by atoms with van der Waals surface area (Å²) < 4.78 is 0. The van der Waals surface area contributed by atoms with Gasteiger partial charge in [-0.2, -0.15) is 0 Å². The Balaban J connectivity index is 1.82. The van der Waals surface area contributed by atoms with E-state index >= 15 is 0 Å². The topological polar surface area (TPSA) is 52.0 Å². The van der Waals surface area contributed by atoms with Gasteiger partial charge in [0, 0.05) is 22.3 Å². The van der Waals surface area contributed by atoms with Gasteiger partial charge in [-0.05, 0) is 39.5 Å². The Morgan fingerprint density at radius 2 is 0.800 bits per heavy atom. The van der Waals surface area contributed by atoms with Crippen LogP contribution in [0.1, 0.15) is 16.7 Å². The molecule has 192 valence electrons. The molecule has 0 aliphatic carbocycles. The quantitative estimate of drug-likeness (QED) is 0.172. The van der Waals surface area contributed by atoms with Crippen LogP contribution in [0.2, 0.25) is 0 Å². The molecule has 0 spiro atoms. The zero-order chi connectivity index (χ0) is 27.3. The Kier molecular flexibility index (Phi) is 6.98. The molecule has 0 amide bonds. The van der Waals surface area contributed by atoms with E-state index in [4.69, 9.17) is 11.5 Å². The summed E-state index contributed by atoms with van der Waals surface area (Å²) in [5.41, 5.74) is 25.7. The average molecular weight is 515 g/mol. The van der Waals surface area contributed by atoms with Gasteiger partial charge in [0.2, 0.25) is 0 Å². The van der Waals surface area contributed by atoms with Crippen LogP contribution in [0.3, 0.4) is 0 Å². The lowest BCUT2D eigenvalue weighted by atomic mass is 9.79. The van der Waals surface area contributed by atoms with Crippen molar-refractivity contribution in [3.8, 4) is 33.4 Å². The van der Waals surface area contributed by atoms with E-state index in [1.165, 1.54) is 0 Å². The molecule has 6 aromatic carbocycles. The van der Waals surface area contributed by atoms with E-state index in [0.29, 0.717) is 11.4 Å². The highest BCUT2D eigenvalue weighted by atomic mass is 14.7. The second-order valence-electron chi connectivity index (χ2n) is 9.76. The average Bonchev–Trinajstić information content (AvgIpc) is 3.03. The molecular formula is C38H30N2. The first kappa shape index (κ1) is 25.0. The van der Waals surface area contributed by atoms with Gasteiger partial charge in [-0.25, -0.2) is 0 Å². The predicted octanol–water partition coefficient (Wildman–Crippen LogP) is 9.44. The van der Waals surface area contributed by atoms with Crippen LogP contribution >= 0.6 is 0 Å². The van der Waals surface area contributed by atoms with Crippen LogP contribution in [-0.4, -0.2) is 0 Å². The fourth-order valence-corrected chi connectivity index (χ4v) is 5.39. The molecule has 0 saturated carbocycles. The predicted molar refractivity (Wildman–Crippen MR) is 171 cm³/mol. The van der Waals surface area contributed by atoms with Gasteiger partial charge in [0.05, 0.1) is 11.4 Å². The Labute approximate surface area is 235 Å². The van der Waals surface area contributed by atoms with Crippen LogP contribution in [0.5, 0.6) is 0 Å². The number of nitrogens with two attached hydrogens (primary N) is 2. The fourth-order valence-electron chi connectivity index (χ4n) is 5.39. The Morgan fingerprint density at radius 1 is 0.400 bits per heavy atom. The largest absolute Gasteiger partial charge is 0.397 e. The van der Waals surface area contributed by atoms with Crippen molar-refractivity contribution in [1.82, 2.24) is 0 Å². The molecule has 0 heterocycles. The Bertz CT molecular complexity index is 1760. The monoisotopic (exact) mass is 514 g/mol. The smallest absolute Gasteiger partial charge is 0.0640 e. The molecule has 2 heteroatoms. The van der Waals surface area contributed by atoms with Crippen LogP contribution in [-0.2, 0) is 0 Å². The molecule has 0 radical (unpaired) electrons. The minimum Gasteiger partial charge on any atom is -0.397 e. The van der Waals surface area contributed by atoms with Crippen LogP contribution in [0, 0.1) is 0 Å². The minimum atomic E-state index is 0.573. The summed E-state index contributed by atoms with van der Waals surface area (Å²) in [4.78, 5) is 0. The van der Waals surface area contributed by atoms with E-state index in [0.717, 1.165) is 55.6 Å². The summed E-state index contributed by atoms with van der Waals surface area (Å²) in [5, 5.41) is 0. The van der Waals surface area contributed by atoms with Gasteiger partial charge in [0.15, 0.2) is 0 Å².